The van der Waals surface area contributed by atoms with Crippen LogP contribution in [0.4, 0.5) is 0 Å². The van der Waals surface area contributed by atoms with E-state index in [0.717, 1.165) is 15.4 Å². The minimum Gasteiger partial charge on any atom is -0.381 e. The molecule has 2 aromatic rings. The molecule has 0 aromatic heterocycles. The third-order valence-electron chi connectivity index (χ3n) is 4.70. The molecular formula is C20H21NO3S. The van der Waals surface area contributed by atoms with Gasteiger partial charge in [-0.2, -0.15) is 0 Å². The van der Waals surface area contributed by atoms with E-state index in [4.69, 9.17) is 10.5 Å². The van der Waals surface area contributed by atoms with Gasteiger partial charge in [-0.25, -0.2) is 0 Å². The van der Waals surface area contributed by atoms with Gasteiger partial charge in [0.25, 0.3) is 0 Å². The monoisotopic (exact) mass is 355 g/mol. The van der Waals surface area contributed by atoms with Gasteiger partial charge >= 0.3 is 0 Å². The summed E-state index contributed by atoms with van der Waals surface area (Å²) in [7, 11) is 0. The molecule has 0 spiro atoms. The molecule has 0 saturated carbocycles. The zero-order valence-electron chi connectivity index (χ0n) is 14.2. The first-order valence-corrected chi connectivity index (χ1v) is 9.10. The fourth-order valence-corrected chi connectivity index (χ4v) is 4.03. The van der Waals surface area contributed by atoms with Crippen LogP contribution < -0.4 is 5.73 Å². The highest BCUT2D eigenvalue weighted by Gasteiger charge is 2.40. The first kappa shape index (κ1) is 17.7. The molecule has 0 unspecified atom stereocenters. The molecule has 1 saturated heterocycles. The van der Waals surface area contributed by atoms with Crippen molar-refractivity contribution in [1.82, 2.24) is 0 Å². The molecule has 2 aromatic carbocycles. The average molecular weight is 355 g/mol. The second kappa shape index (κ2) is 7.42. The molecule has 4 nitrogen and oxygen atoms in total. The van der Waals surface area contributed by atoms with Crippen LogP contribution in [0.3, 0.4) is 0 Å². The van der Waals surface area contributed by atoms with Crippen LogP contribution in [-0.2, 0) is 14.9 Å². The van der Waals surface area contributed by atoms with Crippen LogP contribution in [0.15, 0.2) is 58.3 Å². The molecule has 0 bridgehead atoms. The first-order valence-electron chi connectivity index (χ1n) is 8.28. The quantitative estimate of drug-likeness (QED) is 0.833. The van der Waals surface area contributed by atoms with Gasteiger partial charge in [0.05, 0.1) is 5.41 Å². The van der Waals surface area contributed by atoms with Gasteiger partial charge in [0, 0.05) is 28.6 Å². The van der Waals surface area contributed by atoms with Gasteiger partial charge < -0.3 is 10.5 Å². The lowest BCUT2D eigenvalue weighted by Crippen LogP contribution is -2.45. The van der Waals surface area contributed by atoms with E-state index >= 15 is 0 Å². The number of nitrogens with two attached hydrogens (primary N) is 1. The fourth-order valence-electron chi connectivity index (χ4n) is 3.15. The SMILES string of the molecule is CC(=O)c1ccc(Sc2cccc(C3(C(N)=O)CCOCC3)c2)cc1. The van der Waals surface area contributed by atoms with E-state index in [1.54, 1.807) is 18.7 Å². The normalized spacial score (nSPS) is 16.4. The van der Waals surface area contributed by atoms with Crippen LogP contribution in [0.25, 0.3) is 0 Å². The number of hydrogen-bond acceptors (Lipinski definition) is 4. The molecule has 1 aliphatic rings. The predicted octanol–water partition coefficient (Wildman–Crippen LogP) is 3.57. The summed E-state index contributed by atoms with van der Waals surface area (Å²) in [6, 6.07) is 15.5. The topological polar surface area (TPSA) is 69.4 Å². The summed E-state index contributed by atoms with van der Waals surface area (Å²) in [5.74, 6) is -0.231. The molecule has 0 atom stereocenters. The number of ether oxygens (including phenoxy) is 1. The zero-order chi connectivity index (χ0) is 17.9. The summed E-state index contributed by atoms with van der Waals surface area (Å²) in [6.45, 7) is 2.66. The van der Waals surface area contributed by atoms with Crippen molar-refractivity contribution in [2.45, 2.75) is 35.0 Å². The Kier molecular flexibility index (Phi) is 5.25. The van der Waals surface area contributed by atoms with Crippen LogP contribution in [0.5, 0.6) is 0 Å². The van der Waals surface area contributed by atoms with Crippen molar-refractivity contribution in [3.05, 3.63) is 59.7 Å². The molecule has 0 radical (unpaired) electrons. The predicted molar refractivity (Wildman–Crippen MR) is 97.9 cm³/mol. The van der Waals surface area contributed by atoms with E-state index in [2.05, 4.69) is 0 Å². The molecule has 5 heteroatoms. The van der Waals surface area contributed by atoms with Gasteiger partial charge in [0.15, 0.2) is 5.78 Å². The Morgan fingerprint density at radius 2 is 1.72 bits per heavy atom. The van der Waals surface area contributed by atoms with Crippen LogP contribution in [0.2, 0.25) is 0 Å². The smallest absolute Gasteiger partial charge is 0.228 e. The van der Waals surface area contributed by atoms with Gasteiger partial charge in [-0.05, 0) is 49.6 Å². The highest BCUT2D eigenvalue weighted by Crippen LogP contribution is 2.37. The maximum atomic E-state index is 12.2. The third kappa shape index (κ3) is 3.78. The fraction of sp³-hybridized carbons (Fsp3) is 0.300. The Hall–Kier alpha value is -2.11. The summed E-state index contributed by atoms with van der Waals surface area (Å²) in [5.41, 5.74) is 6.76. The maximum Gasteiger partial charge on any atom is 0.228 e. The van der Waals surface area contributed by atoms with Crippen LogP contribution in [-0.4, -0.2) is 24.9 Å². The minimum atomic E-state index is -0.646. The number of rotatable bonds is 5. The van der Waals surface area contributed by atoms with Gasteiger partial charge in [-0.1, -0.05) is 36.0 Å². The number of amides is 1. The molecular weight excluding hydrogens is 334 g/mol. The molecule has 0 aliphatic carbocycles. The molecule has 1 aliphatic heterocycles. The molecule has 1 heterocycles. The number of carbonyl (C=O) groups is 2. The second-order valence-corrected chi connectivity index (χ2v) is 7.42. The van der Waals surface area contributed by atoms with Crippen molar-refractivity contribution >= 4 is 23.5 Å². The van der Waals surface area contributed by atoms with E-state index in [0.29, 0.717) is 31.6 Å². The van der Waals surface area contributed by atoms with E-state index in [-0.39, 0.29) is 11.7 Å². The van der Waals surface area contributed by atoms with Gasteiger partial charge in [0.1, 0.15) is 0 Å². The Bertz CT molecular complexity index is 780. The lowest BCUT2D eigenvalue weighted by Gasteiger charge is -2.34. The Morgan fingerprint density at radius 1 is 1.04 bits per heavy atom. The Morgan fingerprint density at radius 3 is 2.32 bits per heavy atom. The summed E-state index contributed by atoms with van der Waals surface area (Å²) >= 11 is 1.60. The third-order valence-corrected chi connectivity index (χ3v) is 5.70. The number of carbonyl (C=O) groups excluding carboxylic acids is 2. The molecule has 3 rings (SSSR count). The maximum absolute atomic E-state index is 12.2. The van der Waals surface area contributed by atoms with E-state index < -0.39 is 5.41 Å². The first-order chi connectivity index (χ1) is 12.0. The van der Waals surface area contributed by atoms with Gasteiger partial charge in [-0.15, -0.1) is 0 Å². The zero-order valence-corrected chi connectivity index (χ0v) is 15.0. The Balaban J connectivity index is 1.85. The summed E-state index contributed by atoms with van der Waals surface area (Å²) in [5, 5.41) is 0. The molecule has 2 N–H and O–H groups in total. The van der Waals surface area contributed by atoms with E-state index in [1.165, 1.54) is 0 Å². The van der Waals surface area contributed by atoms with Gasteiger partial charge in [-0.3, -0.25) is 9.59 Å². The van der Waals surface area contributed by atoms with Crippen LogP contribution in [0, 0.1) is 0 Å². The van der Waals surface area contributed by atoms with Crippen molar-refractivity contribution in [2.75, 3.05) is 13.2 Å². The van der Waals surface area contributed by atoms with E-state index in [9.17, 15) is 9.59 Å². The Labute approximate surface area is 151 Å². The van der Waals surface area contributed by atoms with Crippen LogP contribution >= 0.6 is 11.8 Å². The van der Waals surface area contributed by atoms with Crippen molar-refractivity contribution in [2.24, 2.45) is 5.73 Å². The minimum absolute atomic E-state index is 0.0569. The molecule has 1 fully saturated rings. The van der Waals surface area contributed by atoms with Crippen LogP contribution in [0.1, 0.15) is 35.7 Å². The number of primary amides is 1. The van der Waals surface area contributed by atoms with Crippen molar-refractivity contribution < 1.29 is 14.3 Å². The van der Waals surface area contributed by atoms with Crippen molar-refractivity contribution in [1.29, 1.82) is 0 Å². The summed E-state index contributed by atoms with van der Waals surface area (Å²) < 4.78 is 5.41. The van der Waals surface area contributed by atoms with E-state index in [1.807, 2.05) is 48.5 Å². The standard InChI is InChI=1S/C20H21NO3S/c1-14(22)15-5-7-17(8-6-15)25-18-4-2-3-16(13-18)20(19(21)23)9-11-24-12-10-20/h2-8,13H,9-12H2,1H3,(H2,21,23). The van der Waals surface area contributed by atoms with Crippen molar-refractivity contribution in [3.8, 4) is 0 Å². The lowest BCUT2D eigenvalue weighted by molar-refractivity contribution is -0.127. The summed E-state index contributed by atoms with van der Waals surface area (Å²) in [6.07, 6.45) is 1.23. The molecule has 1 amide bonds. The highest BCUT2D eigenvalue weighted by atomic mass is 32.2. The number of benzene rings is 2. The largest absolute Gasteiger partial charge is 0.381 e. The number of hydrogen-bond donors (Lipinski definition) is 1. The highest BCUT2D eigenvalue weighted by molar-refractivity contribution is 7.99. The van der Waals surface area contributed by atoms with Gasteiger partial charge in [0.2, 0.25) is 5.91 Å². The number of Topliss-reactive ketones (excluding diaryl/α,β-unsaturated/α-hetero) is 1. The van der Waals surface area contributed by atoms with Crippen molar-refractivity contribution in [3.63, 3.8) is 0 Å². The average Bonchev–Trinajstić information content (AvgIpc) is 2.63. The molecule has 130 valence electrons. The lowest BCUT2D eigenvalue weighted by atomic mass is 9.73. The number of ketones is 1. The second-order valence-electron chi connectivity index (χ2n) is 6.27. The summed E-state index contributed by atoms with van der Waals surface area (Å²) in [4.78, 5) is 25.6. The molecule has 25 heavy (non-hydrogen) atoms.